The number of aromatic hydroxyl groups is 1. The summed E-state index contributed by atoms with van der Waals surface area (Å²) >= 11 is 0. The Morgan fingerprint density at radius 2 is 1.62 bits per heavy atom. The molecule has 0 aliphatic carbocycles. The predicted molar refractivity (Wildman–Crippen MR) is 143 cm³/mol. The van der Waals surface area contributed by atoms with Gasteiger partial charge in [-0.3, -0.25) is 4.79 Å². The van der Waals surface area contributed by atoms with Crippen molar-refractivity contribution in [2.24, 2.45) is 0 Å². The molecule has 1 saturated heterocycles. The minimum Gasteiger partial charge on any atom is -0.507 e. The van der Waals surface area contributed by atoms with Gasteiger partial charge in [-0.25, -0.2) is 0 Å². The van der Waals surface area contributed by atoms with Gasteiger partial charge in [0, 0.05) is 12.1 Å². The summed E-state index contributed by atoms with van der Waals surface area (Å²) in [6.45, 7) is 2.12. The Morgan fingerprint density at radius 3 is 2.33 bits per heavy atom. The van der Waals surface area contributed by atoms with E-state index >= 15 is 0 Å². The van der Waals surface area contributed by atoms with Crippen molar-refractivity contribution < 1.29 is 44.2 Å². The lowest BCUT2D eigenvalue weighted by Gasteiger charge is -2.39. The average molecular weight is 545 g/mol. The molecule has 1 fully saturated rings. The first-order chi connectivity index (χ1) is 18.8. The molecule has 1 aliphatic heterocycles. The number of hydrogen-bond acceptors (Lipinski definition) is 10. The highest BCUT2D eigenvalue weighted by atomic mass is 16.7. The second-order valence-corrected chi connectivity index (χ2v) is 9.75. The molecule has 5 N–H and O–H groups in total. The number of ether oxygens (including phenoxy) is 3. The number of aliphatic hydroxyl groups is 4. The van der Waals surface area contributed by atoms with Crippen LogP contribution in [0.4, 0.5) is 0 Å². The minimum atomic E-state index is -1.56. The van der Waals surface area contributed by atoms with E-state index in [9.17, 15) is 30.3 Å². The fourth-order valence-electron chi connectivity index (χ4n) is 4.57. The van der Waals surface area contributed by atoms with Crippen LogP contribution in [-0.4, -0.2) is 69.5 Å². The third-order valence-electron chi connectivity index (χ3n) is 6.86. The molecule has 0 saturated carbocycles. The first-order valence-corrected chi connectivity index (χ1v) is 13.3. The fourth-order valence-corrected chi connectivity index (χ4v) is 4.57. The molecule has 0 bridgehead atoms. The molecule has 39 heavy (non-hydrogen) atoms. The predicted octanol–water partition coefficient (Wildman–Crippen LogP) is 3.08. The molecular weight excluding hydrogens is 508 g/mol. The van der Waals surface area contributed by atoms with Crippen LogP contribution in [0.25, 0.3) is 22.1 Å². The largest absolute Gasteiger partial charge is 0.507 e. The Hall–Kier alpha value is -3.15. The molecule has 0 amide bonds. The molecule has 10 nitrogen and oxygen atoms in total. The van der Waals surface area contributed by atoms with Gasteiger partial charge < -0.3 is 44.2 Å². The lowest BCUT2D eigenvalue weighted by molar-refractivity contribution is -0.277. The van der Waals surface area contributed by atoms with Crippen LogP contribution in [0.5, 0.6) is 17.2 Å². The molecule has 5 atom stereocenters. The van der Waals surface area contributed by atoms with E-state index in [4.69, 9.17) is 18.6 Å². The van der Waals surface area contributed by atoms with E-state index < -0.39 is 42.7 Å². The highest BCUT2D eigenvalue weighted by molar-refractivity contribution is 5.88. The number of rotatable bonds is 12. The van der Waals surface area contributed by atoms with Gasteiger partial charge in [0.2, 0.25) is 11.7 Å². The summed E-state index contributed by atoms with van der Waals surface area (Å²) in [7, 11) is 0. The zero-order chi connectivity index (χ0) is 27.9. The highest BCUT2D eigenvalue weighted by Gasteiger charge is 2.44. The van der Waals surface area contributed by atoms with Crippen LogP contribution in [0.2, 0.25) is 0 Å². The second kappa shape index (κ2) is 13.3. The Morgan fingerprint density at radius 1 is 0.897 bits per heavy atom. The van der Waals surface area contributed by atoms with Gasteiger partial charge in [0.25, 0.3) is 0 Å². The number of aliphatic hydroxyl groups excluding tert-OH is 4. The molecule has 3 aromatic rings. The van der Waals surface area contributed by atoms with E-state index in [1.54, 1.807) is 18.2 Å². The Labute approximate surface area is 226 Å². The summed E-state index contributed by atoms with van der Waals surface area (Å²) in [5.74, 6) is 0.450. The summed E-state index contributed by atoms with van der Waals surface area (Å²) in [5, 5.41) is 50.0. The fraction of sp³-hybridized carbons (Fsp3) is 0.483. The van der Waals surface area contributed by atoms with Gasteiger partial charge in [0.15, 0.2) is 0 Å². The van der Waals surface area contributed by atoms with Gasteiger partial charge in [0.1, 0.15) is 58.9 Å². The van der Waals surface area contributed by atoms with E-state index in [1.165, 1.54) is 50.1 Å². The Bertz CT molecular complexity index is 1270. The third kappa shape index (κ3) is 6.71. The standard InChI is InChI=1S/C29H36O10/c1-2-3-4-5-6-7-12-36-19-13-21(31)24-22(14-19)37-16-20(25(24)32)17-8-10-18(11-9-17)38-29-28(35)27(34)26(33)23(15-30)39-29/h8-11,13-14,16,23,26-31,33-35H,2-7,12,15H2,1H3/t23-,26-,27+,28-,29+/m0/s1. The lowest BCUT2D eigenvalue weighted by atomic mass is 9.99. The maximum atomic E-state index is 13.2. The molecule has 0 radical (unpaired) electrons. The molecule has 4 rings (SSSR count). The van der Waals surface area contributed by atoms with E-state index in [1.807, 2.05) is 0 Å². The van der Waals surface area contributed by atoms with Crippen molar-refractivity contribution in [3.63, 3.8) is 0 Å². The number of unbranched alkanes of at least 4 members (excludes halogenated alkanes) is 5. The van der Waals surface area contributed by atoms with Crippen LogP contribution in [-0.2, 0) is 4.74 Å². The van der Waals surface area contributed by atoms with Gasteiger partial charge in [-0.1, -0.05) is 51.2 Å². The van der Waals surface area contributed by atoms with Crippen LogP contribution in [0.1, 0.15) is 45.4 Å². The zero-order valence-electron chi connectivity index (χ0n) is 21.9. The quantitative estimate of drug-likeness (QED) is 0.215. The van der Waals surface area contributed by atoms with Crippen LogP contribution in [0, 0.1) is 0 Å². The SMILES string of the molecule is CCCCCCCCOc1cc(O)c2c(=O)c(-c3ccc(O[C@@H]4O[C@@H](CO)[C@H](O)[C@@H](O)[C@@H]4O)cc3)coc2c1. The second-order valence-electron chi connectivity index (χ2n) is 9.75. The van der Waals surface area contributed by atoms with E-state index in [-0.39, 0.29) is 28.0 Å². The maximum absolute atomic E-state index is 13.2. The molecule has 0 spiro atoms. The number of hydrogen-bond donors (Lipinski definition) is 5. The van der Waals surface area contributed by atoms with Crippen LogP contribution < -0.4 is 14.9 Å². The lowest BCUT2D eigenvalue weighted by Crippen LogP contribution is -2.60. The molecule has 1 aliphatic rings. The van der Waals surface area contributed by atoms with Crippen molar-refractivity contribution in [3.05, 3.63) is 52.9 Å². The third-order valence-corrected chi connectivity index (χ3v) is 6.86. The topological polar surface area (TPSA) is 159 Å². The van der Waals surface area contributed by atoms with Crippen molar-refractivity contribution in [1.82, 2.24) is 0 Å². The monoisotopic (exact) mass is 544 g/mol. The molecule has 212 valence electrons. The van der Waals surface area contributed by atoms with Gasteiger partial charge >= 0.3 is 0 Å². The summed E-state index contributed by atoms with van der Waals surface area (Å²) in [6, 6.07) is 9.24. The summed E-state index contributed by atoms with van der Waals surface area (Å²) < 4.78 is 22.4. The van der Waals surface area contributed by atoms with Gasteiger partial charge in [-0.05, 0) is 24.1 Å². The van der Waals surface area contributed by atoms with E-state index in [0.717, 1.165) is 12.8 Å². The number of phenols is 1. The molecule has 2 heterocycles. The normalized spacial score (nSPS) is 23.2. The van der Waals surface area contributed by atoms with Crippen molar-refractivity contribution in [1.29, 1.82) is 0 Å². The van der Waals surface area contributed by atoms with Gasteiger partial charge in [0.05, 0.1) is 18.8 Å². The Balaban J connectivity index is 1.44. The first kappa shape index (κ1) is 28.8. The summed E-state index contributed by atoms with van der Waals surface area (Å²) in [5.41, 5.74) is 0.510. The van der Waals surface area contributed by atoms with E-state index in [2.05, 4.69) is 6.92 Å². The molecule has 0 unspecified atom stereocenters. The molecule has 2 aromatic carbocycles. The molecular formula is C29H36O10. The molecule has 10 heteroatoms. The van der Waals surface area contributed by atoms with Gasteiger partial charge in [-0.15, -0.1) is 0 Å². The summed E-state index contributed by atoms with van der Waals surface area (Å²) in [6.07, 6.45) is 1.10. The number of phenolic OH excluding ortho intramolecular Hbond substituents is 1. The number of fused-ring (bicyclic) bond motifs is 1. The van der Waals surface area contributed by atoms with Gasteiger partial charge in [-0.2, -0.15) is 0 Å². The first-order valence-electron chi connectivity index (χ1n) is 13.3. The summed E-state index contributed by atoms with van der Waals surface area (Å²) in [4.78, 5) is 13.2. The van der Waals surface area contributed by atoms with Crippen molar-refractivity contribution >= 4 is 11.0 Å². The van der Waals surface area contributed by atoms with Crippen LogP contribution >= 0.6 is 0 Å². The van der Waals surface area contributed by atoms with Crippen molar-refractivity contribution in [2.75, 3.05) is 13.2 Å². The van der Waals surface area contributed by atoms with E-state index in [0.29, 0.717) is 17.9 Å². The van der Waals surface area contributed by atoms with Crippen molar-refractivity contribution in [2.45, 2.75) is 76.2 Å². The highest BCUT2D eigenvalue weighted by Crippen LogP contribution is 2.31. The minimum absolute atomic E-state index is 0.0426. The number of benzene rings is 2. The Kier molecular flexibility index (Phi) is 9.82. The van der Waals surface area contributed by atoms with Crippen LogP contribution in [0.3, 0.4) is 0 Å². The van der Waals surface area contributed by atoms with Crippen LogP contribution in [0.15, 0.2) is 51.9 Å². The zero-order valence-corrected chi connectivity index (χ0v) is 21.9. The van der Waals surface area contributed by atoms with Crippen molar-refractivity contribution in [3.8, 4) is 28.4 Å². The average Bonchev–Trinajstić information content (AvgIpc) is 2.93. The maximum Gasteiger partial charge on any atom is 0.229 e. The molecule has 1 aromatic heterocycles. The smallest absolute Gasteiger partial charge is 0.229 e.